The molecule has 0 aliphatic heterocycles. The molecule has 0 unspecified atom stereocenters. The van der Waals surface area contributed by atoms with E-state index < -0.39 is 0 Å². The van der Waals surface area contributed by atoms with Crippen LogP contribution in [0.5, 0.6) is 0 Å². The number of nitrogens with one attached hydrogen (secondary N) is 2. The maximum atomic E-state index is 12.4. The summed E-state index contributed by atoms with van der Waals surface area (Å²) in [7, 11) is 1.70. The lowest BCUT2D eigenvalue weighted by Crippen LogP contribution is -2.21. The summed E-state index contributed by atoms with van der Waals surface area (Å²) < 4.78 is 5.01. The van der Waals surface area contributed by atoms with Gasteiger partial charge in [-0.2, -0.15) is 0 Å². The summed E-state index contributed by atoms with van der Waals surface area (Å²) in [6, 6.07) is 11.7. The molecule has 0 atom stereocenters. The third-order valence-corrected chi connectivity index (χ3v) is 4.11. The highest BCUT2D eigenvalue weighted by molar-refractivity contribution is 6.02. The Morgan fingerprint density at radius 2 is 1.89 bits per heavy atom. The van der Waals surface area contributed by atoms with Crippen molar-refractivity contribution in [2.45, 2.75) is 6.42 Å². The van der Waals surface area contributed by atoms with Gasteiger partial charge in [0.05, 0.1) is 36.6 Å². The number of pyridine rings is 1. The third-order valence-electron chi connectivity index (χ3n) is 4.11. The molecule has 2 N–H and O–H groups in total. The lowest BCUT2D eigenvalue weighted by atomic mass is 10.1. The highest BCUT2D eigenvalue weighted by atomic mass is 16.5. The van der Waals surface area contributed by atoms with Crippen molar-refractivity contribution in [3.8, 4) is 11.3 Å². The predicted octanol–water partition coefficient (Wildman–Crippen LogP) is 2.57. The quantitative estimate of drug-likeness (QED) is 0.557. The van der Waals surface area contributed by atoms with Crippen LogP contribution in [0.2, 0.25) is 0 Å². The van der Waals surface area contributed by atoms with Crippen LogP contribution >= 0.6 is 0 Å². The first kappa shape index (κ1) is 19.6. The summed E-state index contributed by atoms with van der Waals surface area (Å²) in [5.74, 6) is -0.318. The molecule has 3 aromatic rings. The predicted molar refractivity (Wildman–Crippen MR) is 108 cm³/mol. The number of methoxy groups -OCH3 is 1. The van der Waals surface area contributed by atoms with Crippen molar-refractivity contribution in [1.29, 1.82) is 0 Å². The molecule has 0 aliphatic carbocycles. The fourth-order valence-corrected chi connectivity index (χ4v) is 2.62. The fourth-order valence-electron chi connectivity index (χ4n) is 2.62. The maximum absolute atomic E-state index is 12.4. The van der Waals surface area contributed by atoms with Gasteiger partial charge >= 0.3 is 0 Å². The Labute approximate surface area is 164 Å². The van der Waals surface area contributed by atoms with E-state index in [9.17, 15) is 4.79 Å². The summed E-state index contributed by atoms with van der Waals surface area (Å²) in [6.45, 7) is 2.45. The number of aromatic nitrogens is 3. The molecule has 0 aliphatic rings. The third kappa shape index (κ3) is 5.67. The molecule has 7 heteroatoms. The molecule has 0 fully saturated rings. The van der Waals surface area contributed by atoms with Crippen molar-refractivity contribution >= 4 is 11.6 Å². The van der Waals surface area contributed by atoms with Gasteiger partial charge in [0.25, 0.3) is 5.91 Å². The minimum atomic E-state index is -0.318. The number of ether oxygens (including phenoxy) is 1. The minimum Gasteiger partial charge on any atom is -0.383 e. The first-order valence-corrected chi connectivity index (χ1v) is 9.08. The van der Waals surface area contributed by atoms with Gasteiger partial charge in [0.2, 0.25) is 0 Å². The Bertz CT molecular complexity index is 885. The molecule has 3 rings (SSSR count). The van der Waals surface area contributed by atoms with Gasteiger partial charge in [-0.25, -0.2) is 4.98 Å². The van der Waals surface area contributed by atoms with Crippen LogP contribution in [0.15, 0.2) is 61.2 Å². The first-order chi connectivity index (χ1) is 13.8. The number of carbonyl (C=O) groups excluding carboxylic acids is 1. The first-order valence-electron chi connectivity index (χ1n) is 9.08. The number of hydrogen-bond acceptors (Lipinski definition) is 6. The van der Waals surface area contributed by atoms with Crippen molar-refractivity contribution in [2.24, 2.45) is 0 Å². The highest BCUT2D eigenvalue weighted by Crippen LogP contribution is 2.18. The minimum absolute atomic E-state index is 0.257. The Morgan fingerprint density at radius 1 is 1.04 bits per heavy atom. The molecule has 0 bridgehead atoms. The normalized spacial score (nSPS) is 10.6. The molecular weight excluding hydrogens is 354 g/mol. The summed E-state index contributed by atoms with van der Waals surface area (Å²) in [5, 5.41) is 6.09. The fraction of sp³-hybridized carbons (Fsp3) is 0.238. The molecule has 144 valence electrons. The number of nitrogens with zero attached hydrogens (tertiary/aromatic N) is 3. The lowest BCUT2D eigenvalue weighted by molar-refractivity contribution is 0.102. The van der Waals surface area contributed by atoms with Crippen molar-refractivity contribution in [2.75, 3.05) is 32.1 Å². The maximum Gasteiger partial charge on any atom is 0.275 e. The van der Waals surface area contributed by atoms with Gasteiger partial charge in [-0.3, -0.25) is 14.8 Å². The molecule has 2 aromatic heterocycles. The van der Waals surface area contributed by atoms with Gasteiger partial charge in [-0.05, 0) is 30.7 Å². The zero-order valence-corrected chi connectivity index (χ0v) is 15.8. The number of benzene rings is 1. The number of rotatable bonds is 9. The molecule has 0 radical (unpaired) electrons. The van der Waals surface area contributed by atoms with Crippen molar-refractivity contribution in [1.82, 2.24) is 20.3 Å². The van der Waals surface area contributed by atoms with E-state index in [4.69, 9.17) is 4.74 Å². The Hall–Kier alpha value is -3.16. The largest absolute Gasteiger partial charge is 0.383 e. The van der Waals surface area contributed by atoms with Crippen LogP contribution in [-0.2, 0) is 11.2 Å². The number of amides is 1. The van der Waals surface area contributed by atoms with Crippen LogP contribution in [0.1, 0.15) is 16.1 Å². The summed E-state index contributed by atoms with van der Waals surface area (Å²) in [4.78, 5) is 25.0. The van der Waals surface area contributed by atoms with Crippen LogP contribution in [0.4, 0.5) is 5.69 Å². The zero-order chi connectivity index (χ0) is 19.6. The van der Waals surface area contributed by atoms with Gasteiger partial charge in [-0.15, -0.1) is 0 Å². The lowest BCUT2D eigenvalue weighted by Gasteiger charge is -2.07. The molecule has 7 nitrogen and oxygen atoms in total. The zero-order valence-electron chi connectivity index (χ0n) is 15.8. The van der Waals surface area contributed by atoms with E-state index in [0.717, 1.165) is 25.1 Å². The average molecular weight is 377 g/mol. The van der Waals surface area contributed by atoms with E-state index in [2.05, 4.69) is 37.7 Å². The average Bonchev–Trinajstić information content (AvgIpc) is 2.75. The van der Waals surface area contributed by atoms with Gasteiger partial charge in [-0.1, -0.05) is 24.3 Å². The summed E-state index contributed by atoms with van der Waals surface area (Å²) >= 11 is 0. The molecular formula is C21H23N5O2. The standard InChI is InChI=1S/C21H23N5O2/c1-28-12-11-22-10-8-16-4-6-17(7-5-16)19-14-24-15-20(26-19)21(27)25-18-3-2-9-23-13-18/h2-7,9,13-15,22H,8,10-12H2,1H3,(H,25,27). The van der Waals surface area contributed by atoms with E-state index in [-0.39, 0.29) is 11.6 Å². The van der Waals surface area contributed by atoms with Crippen molar-refractivity contribution in [3.05, 3.63) is 72.4 Å². The Morgan fingerprint density at radius 3 is 2.64 bits per heavy atom. The van der Waals surface area contributed by atoms with E-state index >= 15 is 0 Å². The van der Waals surface area contributed by atoms with Gasteiger partial charge in [0.1, 0.15) is 5.69 Å². The molecule has 0 saturated carbocycles. The van der Waals surface area contributed by atoms with Gasteiger partial charge < -0.3 is 15.4 Å². The van der Waals surface area contributed by atoms with E-state index in [1.807, 2.05) is 12.1 Å². The summed E-state index contributed by atoms with van der Waals surface area (Å²) in [5.41, 5.74) is 3.67. The van der Waals surface area contributed by atoms with Crippen LogP contribution < -0.4 is 10.6 Å². The van der Waals surface area contributed by atoms with E-state index in [1.54, 1.807) is 37.8 Å². The van der Waals surface area contributed by atoms with E-state index in [1.165, 1.54) is 11.8 Å². The molecule has 0 spiro atoms. The topological polar surface area (TPSA) is 89.0 Å². The smallest absolute Gasteiger partial charge is 0.275 e. The molecule has 0 saturated heterocycles. The van der Waals surface area contributed by atoms with Crippen LogP contribution in [0.25, 0.3) is 11.3 Å². The number of anilines is 1. The highest BCUT2D eigenvalue weighted by Gasteiger charge is 2.10. The number of hydrogen-bond donors (Lipinski definition) is 2. The summed E-state index contributed by atoms with van der Waals surface area (Å²) in [6.07, 6.45) is 7.27. The Kier molecular flexibility index (Phi) is 7.17. The molecule has 1 aromatic carbocycles. The van der Waals surface area contributed by atoms with Gasteiger partial charge in [0, 0.05) is 25.4 Å². The second kappa shape index (κ2) is 10.2. The second-order valence-electron chi connectivity index (χ2n) is 6.18. The monoisotopic (exact) mass is 377 g/mol. The molecule has 2 heterocycles. The molecule has 1 amide bonds. The van der Waals surface area contributed by atoms with E-state index in [0.29, 0.717) is 18.0 Å². The van der Waals surface area contributed by atoms with Crippen molar-refractivity contribution < 1.29 is 9.53 Å². The van der Waals surface area contributed by atoms with Crippen molar-refractivity contribution in [3.63, 3.8) is 0 Å². The Balaban J connectivity index is 1.62. The van der Waals surface area contributed by atoms with Crippen LogP contribution in [0.3, 0.4) is 0 Å². The molecule has 28 heavy (non-hydrogen) atoms. The number of carbonyl (C=O) groups is 1. The van der Waals surface area contributed by atoms with Crippen LogP contribution in [-0.4, -0.2) is 47.7 Å². The SMILES string of the molecule is COCCNCCc1ccc(-c2cncc(C(=O)Nc3cccnc3)n2)cc1. The van der Waals surface area contributed by atoms with Gasteiger partial charge in [0.15, 0.2) is 0 Å². The second-order valence-corrected chi connectivity index (χ2v) is 6.18. The van der Waals surface area contributed by atoms with Crippen LogP contribution in [0, 0.1) is 0 Å².